The van der Waals surface area contributed by atoms with Gasteiger partial charge in [0.15, 0.2) is 0 Å². The molecule has 1 N–H and O–H groups in total. The second-order valence-corrected chi connectivity index (χ2v) is 5.22. The molecule has 2 aliphatic rings. The Bertz CT molecular complexity index is 346. The number of rotatable bonds is 1. The molecule has 1 aromatic carbocycles. The summed E-state index contributed by atoms with van der Waals surface area (Å²) < 4.78 is 7.52. The summed E-state index contributed by atoms with van der Waals surface area (Å²) in [7, 11) is 0. The number of hydrogen-bond acceptors (Lipinski definition) is 1. The maximum Gasteiger partial charge on any atom is 0.122 e. The van der Waals surface area contributed by atoms with Gasteiger partial charge < -0.3 is 5.31 Å². The summed E-state index contributed by atoms with van der Waals surface area (Å²) in [4.78, 5) is 0. The second kappa shape index (κ2) is 3.64. The first-order valence-corrected chi connectivity index (χ1v) is 6.06. The summed E-state index contributed by atoms with van der Waals surface area (Å²) in [6, 6.07) is 10.9. The van der Waals surface area contributed by atoms with Crippen molar-refractivity contribution in [2.45, 2.75) is 31.6 Å². The van der Waals surface area contributed by atoms with Gasteiger partial charge in [-0.15, -0.1) is 0 Å². The highest BCUT2D eigenvalue weighted by atomic mass is 15.0. The number of nitrogens with one attached hydrogen (secondary N) is 1. The Morgan fingerprint density at radius 2 is 1.80 bits per heavy atom. The van der Waals surface area contributed by atoms with Crippen LogP contribution in [0.4, 0.5) is 0 Å². The van der Waals surface area contributed by atoms with Crippen LogP contribution in [0.2, 0.25) is 1.41 Å². The van der Waals surface area contributed by atoms with Crippen LogP contribution in [0, 0.1) is 5.41 Å². The molecule has 3 rings (SSSR count). The summed E-state index contributed by atoms with van der Waals surface area (Å²) in [5, 5.41) is 1.71. The highest BCUT2D eigenvalue weighted by Gasteiger charge is 2.40. The first-order chi connectivity index (χ1) is 7.77. The largest absolute Gasteiger partial charge is 0.316 e. The lowest BCUT2D eigenvalue weighted by molar-refractivity contribution is 0.0975. The monoisotopic (exact) mass is 202 g/mol. The van der Waals surface area contributed by atoms with Gasteiger partial charge in [0.25, 0.3) is 0 Å². The van der Waals surface area contributed by atoms with Gasteiger partial charge in [0, 0.05) is 13.1 Å². The lowest BCUT2D eigenvalue weighted by Crippen LogP contribution is -2.54. The highest BCUT2D eigenvalue weighted by Crippen LogP contribution is 2.44. The molecular formula is C14H19N. The molecule has 80 valence electrons. The van der Waals surface area contributed by atoms with Gasteiger partial charge in [-0.25, -0.2) is 0 Å². The molecule has 1 saturated heterocycles. The van der Waals surface area contributed by atoms with E-state index >= 15 is 0 Å². The molecule has 0 radical (unpaired) electrons. The van der Waals surface area contributed by atoms with Crippen molar-refractivity contribution in [3.05, 3.63) is 35.9 Å². The molecule has 0 aromatic heterocycles. The number of benzene rings is 1. The Morgan fingerprint density at radius 3 is 2.40 bits per heavy atom. The van der Waals surface area contributed by atoms with E-state index in [9.17, 15) is 0 Å². The minimum absolute atomic E-state index is 0.521. The molecule has 1 saturated carbocycles. The minimum Gasteiger partial charge on any atom is -0.316 e. The third-order valence-electron chi connectivity index (χ3n) is 4.21. The van der Waals surface area contributed by atoms with Crippen molar-refractivity contribution >= 4 is 0 Å². The van der Waals surface area contributed by atoms with E-state index in [1.807, 2.05) is 0 Å². The standard InChI is InChI=1S/C14H19N/c1-2-4-12(5-3-1)13-6-8-14(9-7-13)10-15-11-14/h1-5,13,15H,6-11H2/i/hD. The summed E-state index contributed by atoms with van der Waals surface area (Å²) in [6.07, 6.45) is 5.28. The van der Waals surface area contributed by atoms with Crippen molar-refractivity contribution in [2.75, 3.05) is 13.1 Å². The molecule has 1 nitrogen and oxygen atoms in total. The van der Waals surface area contributed by atoms with Crippen molar-refractivity contribution in [3.63, 3.8) is 0 Å². The minimum atomic E-state index is 0.521. The van der Waals surface area contributed by atoms with Crippen LogP contribution in [0.5, 0.6) is 0 Å². The Labute approximate surface area is 93.4 Å². The van der Waals surface area contributed by atoms with Crippen molar-refractivity contribution in [1.82, 2.24) is 5.31 Å². The molecule has 1 aliphatic carbocycles. The van der Waals surface area contributed by atoms with Crippen LogP contribution in [0.15, 0.2) is 30.3 Å². The van der Waals surface area contributed by atoms with Gasteiger partial charge in [-0.3, -0.25) is 0 Å². The zero-order valence-electron chi connectivity index (χ0n) is 10.2. The quantitative estimate of drug-likeness (QED) is 0.738. The van der Waals surface area contributed by atoms with Gasteiger partial charge in [0.1, 0.15) is 1.41 Å². The third-order valence-corrected chi connectivity index (χ3v) is 4.21. The predicted octanol–water partition coefficient (Wildman–Crippen LogP) is 2.93. The van der Waals surface area contributed by atoms with Crippen LogP contribution in [0.25, 0.3) is 0 Å². The molecular weight excluding hydrogens is 182 g/mol. The highest BCUT2D eigenvalue weighted by molar-refractivity contribution is 5.20. The van der Waals surface area contributed by atoms with E-state index < -0.39 is 0 Å². The topological polar surface area (TPSA) is 12.0 Å². The molecule has 1 aliphatic heterocycles. The lowest BCUT2D eigenvalue weighted by Gasteiger charge is -2.47. The Morgan fingerprint density at radius 1 is 1.13 bits per heavy atom. The fourth-order valence-electron chi connectivity index (χ4n) is 3.03. The fraction of sp³-hybridized carbons (Fsp3) is 0.571. The molecule has 0 unspecified atom stereocenters. The maximum atomic E-state index is 7.52. The molecule has 0 atom stereocenters. The molecule has 0 amide bonds. The third kappa shape index (κ3) is 1.69. The van der Waals surface area contributed by atoms with E-state index in [4.69, 9.17) is 1.41 Å². The molecule has 0 bridgehead atoms. The maximum absolute atomic E-state index is 7.52. The van der Waals surface area contributed by atoms with Crippen molar-refractivity contribution < 1.29 is 1.41 Å². The second-order valence-electron chi connectivity index (χ2n) is 5.22. The van der Waals surface area contributed by atoms with E-state index in [0.717, 1.165) is 19.0 Å². The van der Waals surface area contributed by atoms with E-state index in [0.29, 0.717) is 5.41 Å². The van der Waals surface area contributed by atoms with Gasteiger partial charge in [0.05, 0.1) is 0 Å². The molecule has 1 aromatic rings. The molecule has 1 spiro atoms. The van der Waals surface area contributed by atoms with Gasteiger partial charge >= 0.3 is 0 Å². The zero-order chi connectivity index (χ0) is 11.0. The SMILES string of the molecule is [2H]N1CC2(CCC(c3ccccc3)CC2)C1. The Hall–Kier alpha value is -0.820. The normalized spacial score (nSPS) is 27.3. The van der Waals surface area contributed by atoms with E-state index in [2.05, 4.69) is 30.3 Å². The summed E-state index contributed by atoms with van der Waals surface area (Å²) in [6.45, 7) is 2.02. The summed E-state index contributed by atoms with van der Waals surface area (Å²) in [5.74, 6) is 0.770. The van der Waals surface area contributed by atoms with Crippen molar-refractivity contribution in [3.8, 4) is 0 Å². The summed E-state index contributed by atoms with van der Waals surface area (Å²) in [5.41, 5.74) is 2.03. The van der Waals surface area contributed by atoms with Gasteiger partial charge in [-0.1, -0.05) is 30.3 Å². The first kappa shape index (κ1) is 8.35. The smallest absolute Gasteiger partial charge is 0.122 e. The Balaban J connectivity index is 1.63. The van der Waals surface area contributed by atoms with Crippen LogP contribution in [0.3, 0.4) is 0 Å². The van der Waals surface area contributed by atoms with Gasteiger partial charge in [-0.05, 0) is 42.6 Å². The van der Waals surface area contributed by atoms with E-state index in [1.165, 1.54) is 31.2 Å². The predicted molar refractivity (Wildman–Crippen MR) is 63.0 cm³/mol. The molecule has 2 fully saturated rings. The average molecular weight is 202 g/mol. The lowest BCUT2D eigenvalue weighted by atomic mass is 9.66. The summed E-state index contributed by atoms with van der Waals surface area (Å²) >= 11 is 0. The van der Waals surface area contributed by atoms with Crippen LogP contribution in [-0.2, 0) is 0 Å². The molecule has 15 heavy (non-hydrogen) atoms. The van der Waals surface area contributed by atoms with Crippen molar-refractivity contribution in [1.29, 1.82) is 0 Å². The van der Waals surface area contributed by atoms with Gasteiger partial charge in [-0.2, -0.15) is 0 Å². The fourth-order valence-corrected chi connectivity index (χ4v) is 3.03. The van der Waals surface area contributed by atoms with Crippen LogP contribution >= 0.6 is 0 Å². The van der Waals surface area contributed by atoms with Crippen LogP contribution in [-0.4, -0.2) is 13.1 Å². The van der Waals surface area contributed by atoms with Crippen LogP contribution < -0.4 is 5.31 Å². The van der Waals surface area contributed by atoms with Crippen molar-refractivity contribution in [2.24, 2.45) is 5.41 Å². The number of hydrogen-bond donors (Lipinski definition) is 1. The molecule has 1 heteroatoms. The van der Waals surface area contributed by atoms with Gasteiger partial charge in [0.2, 0.25) is 0 Å². The van der Waals surface area contributed by atoms with Crippen LogP contribution in [0.1, 0.15) is 37.2 Å². The average Bonchev–Trinajstić information content (AvgIpc) is 2.29. The van der Waals surface area contributed by atoms with E-state index in [1.54, 1.807) is 5.31 Å². The zero-order valence-corrected chi connectivity index (χ0v) is 9.15. The van der Waals surface area contributed by atoms with E-state index in [-0.39, 0.29) is 0 Å². The first-order valence-electron chi connectivity index (χ1n) is 6.51. The Kier molecular flexibility index (Phi) is 2.02. The molecule has 1 heterocycles.